The maximum Gasteiger partial charge on any atom is 0.235 e. The molecule has 2 aromatic carbocycles. The minimum absolute atomic E-state index is 0.0132. The van der Waals surface area contributed by atoms with Crippen LogP contribution in [-0.2, 0) is 4.79 Å². The van der Waals surface area contributed by atoms with Crippen molar-refractivity contribution in [2.24, 2.45) is 0 Å². The van der Waals surface area contributed by atoms with Gasteiger partial charge in [0.1, 0.15) is 5.82 Å². The van der Waals surface area contributed by atoms with E-state index in [0.29, 0.717) is 5.75 Å². The highest BCUT2D eigenvalue weighted by Crippen LogP contribution is 2.44. The number of benzene rings is 2. The first-order valence-corrected chi connectivity index (χ1v) is 12.7. The number of aromatic nitrogens is 3. The molecule has 5 rings (SSSR count). The summed E-state index contributed by atoms with van der Waals surface area (Å²) in [5.74, 6) is 1.12. The molecule has 0 fully saturated rings. The van der Waals surface area contributed by atoms with Crippen LogP contribution in [0.1, 0.15) is 35.9 Å². The number of amides is 1. The Morgan fingerprint density at radius 3 is 2.59 bits per heavy atom. The number of nitrogens with zero attached hydrogens (tertiary/aromatic N) is 4. The normalized spacial score (nSPS) is 16.0. The fourth-order valence-electron chi connectivity index (χ4n) is 4.18. The van der Waals surface area contributed by atoms with Gasteiger partial charge in [-0.1, -0.05) is 35.6 Å². The molecule has 1 N–H and O–H groups in total. The van der Waals surface area contributed by atoms with Gasteiger partial charge in [0.15, 0.2) is 0 Å². The summed E-state index contributed by atoms with van der Waals surface area (Å²) in [6, 6.07) is 16.8. The largest absolute Gasteiger partial charge is 0.372 e. The Bertz CT molecular complexity index is 1240. The van der Waals surface area contributed by atoms with Crippen LogP contribution in [0.25, 0.3) is 15.3 Å². The molecule has 2 aromatic heterocycles. The van der Waals surface area contributed by atoms with E-state index >= 15 is 0 Å². The predicted octanol–water partition coefficient (Wildman–Crippen LogP) is 5.41. The Balaban J connectivity index is 1.59. The van der Waals surface area contributed by atoms with Crippen molar-refractivity contribution in [3.63, 3.8) is 0 Å². The molecule has 4 aromatic rings. The first-order chi connectivity index (χ1) is 15.6. The van der Waals surface area contributed by atoms with Gasteiger partial charge in [0.2, 0.25) is 11.0 Å². The number of thioether (sulfide) groups is 1. The molecule has 1 atom stereocenters. The van der Waals surface area contributed by atoms with Crippen LogP contribution in [-0.4, -0.2) is 39.5 Å². The van der Waals surface area contributed by atoms with Gasteiger partial charge >= 0.3 is 0 Å². The number of aryl methyl sites for hydroxylation is 1. The zero-order valence-electron chi connectivity index (χ0n) is 18.3. The van der Waals surface area contributed by atoms with Crippen molar-refractivity contribution in [1.82, 2.24) is 14.8 Å². The quantitative estimate of drug-likeness (QED) is 0.429. The van der Waals surface area contributed by atoms with Crippen LogP contribution in [0, 0.1) is 6.92 Å². The number of hydrogen-bond acceptors (Lipinski definition) is 6. The van der Waals surface area contributed by atoms with Crippen LogP contribution < -0.4 is 10.2 Å². The summed E-state index contributed by atoms with van der Waals surface area (Å²) >= 11 is 3.22. The van der Waals surface area contributed by atoms with E-state index in [4.69, 9.17) is 10.1 Å². The molecule has 0 spiro atoms. The second-order valence-electron chi connectivity index (χ2n) is 7.73. The van der Waals surface area contributed by atoms with Crippen LogP contribution in [0.15, 0.2) is 48.5 Å². The number of anilines is 2. The van der Waals surface area contributed by atoms with Crippen LogP contribution in [0.4, 0.5) is 11.5 Å². The topological polar surface area (TPSA) is 63.1 Å². The Labute approximate surface area is 195 Å². The Morgan fingerprint density at radius 2 is 1.88 bits per heavy atom. The van der Waals surface area contributed by atoms with Gasteiger partial charge in [-0.05, 0) is 50.6 Å². The van der Waals surface area contributed by atoms with Crippen LogP contribution >= 0.6 is 23.1 Å². The maximum atomic E-state index is 12.6. The van der Waals surface area contributed by atoms with E-state index < -0.39 is 0 Å². The molecular formula is C24H25N5OS2. The molecule has 6 nitrogen and oxygen atoms in total. The molecular weight excluding hydrogens is 438 g/mol. The lowest BCUT2D eigenvalue weighted by atomic mass is 10.0. The van der Waals surface area contributed by atoms with E-state index in [0.717, 1.165) is 45.5 Å². The molecule has 1 amide bonds. The highest BCUT2D eigenvalue weighted by atomic mass is 32.2. The number of carbonyl (C=O) groups is 1. The van der Waals surface area contributed by atoms with Crippen molar-refractivity contribution in [3.05, 3.63) is 65.4 Å². The van der Waals surface area contributed by atoms with Gasteiger partial charge in [0.25, 0.3) is 0 Å². The van der Waals surface area contributed by atoms with Crippen molar-refractivity contribution >= 4 is 50.7 Å². The van der Waals surface area contributed by atoms with Crippen molar-refractivity contribution in [2.45, 2.75) is 26.0 Å². The third kappa shape index (κ3) is 3.67. The number of hydrogen-bond donors (Lipinski definition) is 1. The van der Waals surface area contributed by atoms with Gasteiger partial charge in [-0.25, -0.2) is 4.98 Å². The van der Waals surface area contributed by atoms with Gasteiger partial charge in [-0.3, -0.25) is 4.79 Å². The molecule has 0 aliphatic carbocycles. The number of rotatable bonds is 5. The number of nitrogens with one attached hydrogen (secondary N) is 1. The summed E-state index contributed by atoms with van der Waals surface area (Å²) in [7, 11) is 0. The highest BCUT2D eigenvalue weighted by Gasteiger charge is 2.31. The van der Waals surface area contributed by atoms with E-state index in [2.05, 4.69) is 54.4 Å². The predicted molar refractivity (Wildman–Crippen MR) is 134 cm³/mol. The first-order valence-electron chi connectivity index (χ1n) is 10.8. The number of fused-ring (bicyclic) bond motifs is 2. The summed E-state index contributed by atoms with van der Waals surface area (Å²) in [6.07, 6.45) is 0. The minimum atomic E-state index is -0.0132. The third-order valence-electron chi connectivity index (χ3n) is 5.80. The zero-order chi connectivity index (χ0) is 22.2. The van der Waals surface area contributed by atoms with Crippen LogP contribution in [0.2, 0.25) is 0 Å². The number of carbonyl (C=O) groups excluding carboxylic acids is 1. The monoisotopic (exact) mass is 463 g/mol. The van der Waals surface area contributed by atoms with Gasteiger partial charge in [0, 0.05) is 24.3 Å². The Kier molecular flexibility index (Phi) is 5.65. The van der Waals surface area contributed by atoms with E-state index in [1.54, 1.807) is 27.8 Å². The average Bonchev–Trinajstić information content (AvgIpc) is 3.31. The van der Waals surface area contributed by atoms with Gasteiger partial charge < -0.3 is 10.2 Å². The maximum absolute atomic E-state index is 12.6. The molecule has 0 unspecified atom stereocenters. The van der Waals surface area contributed by atoms with Crippen molar-refractivity contribution in [2.75, 3.05) is 29.1 Å². The van der Waals surface area contributed by atoms with Crippen LogP contribution in [0.5, 0.6) is 0 Å². The van der Waals surface area contributed by atoms with E-state index in [9.17, 15) is 4.79 Å². The molecule has 1 aliphatic heterocycles. The Hall–Kier alpha value is -2.84. The van der Waals surface area contributed by atoms with E-state index in [1.165, 1.54) is 11.3 Å². The molecule has 0 saturated carbocycles. The molecule has 164 valence electrons. The molecule has 32 heavy (non-hydrogen) atoms. The second kappa shape index (κ2) is 8.60. The molecule has 1 aliphatic rings. The lowest BCUT2D eigenvalue weighted by Gasteiger charge is -2.22. The van der Waals surface area contributed by atoms with Crippen molar-refractivity contribution in [1.29, 1.82) is 0 Å². The summed E-state index contributed by atoms with van der Waals surface area (Å²) in [6.45, 7) is 8.30. The SMILES string of the molecule is CCN(CC)c1ccc([C@H]2SCC(=O)Nc3c2c(C)nn3-c2nc3ccccc3s2)cc1. The molecule has 3 heterocycles. The number of para-hydroxylation sites is 1. The van der Waals surface area contributed by atoms with Crippen molar-refractivity contribution in [3.8, 4) is 5.13 Å². The van der Waals surface area contributed by atoms with Crippen molar-refractivity contribution < 1.29 is 4.79 Å². The summed E-state index contributed by atoms with van der Waals surface area (Å²) < 4.78 is 2.90. The smallest absolute Gasteiger partial charge is 0.235 e. The number of thiazole rings is 1. The molecule has 0 bridgehead atoms. The van der Waals surface area contributed by atoms with Gasteiger partial charge in [0.05, 0.1) is 26.9 Å². The summed E-state index contributed by atoms with van der Waals surface area (Å²) in [5, 5.41) is 8.70. The fourth-order valence-corrected chi connectivity index (χ4v) is 6.30. The zero-order valence-corrected chi connectivity index (χ0v) is 20.0. The van der Waals surface area contributed by atoms with Gasteiger partial charge in [-0.2, -0.15) is 9.78 Å². The van der Waals surface area contributed by atoms with E-state index in [1.807, 2.05) is 25.1 Å². The average molecular weight is 464 g/mol. The second-order valence-corrected chi connectivity index (χ2v) is 9.83. The third-order valence-corrected chi connectivity index (χ3v) is 8.08. The lowest BCUT2D eigenvalue weighted by Crippen LogP contribution is -2.21. The molecule has 0 radical (unpaired) electrons. The lowest BCUT2D eigenvalue weighted by molar-refractivity contribution is -0.113. The first kappa shape index (κ1) is 21.0. The van der Waals surface area contributed by atoms with Crippen LogP contribution in [0.3, 0.4) is 0 Å². The molecule has 0 saturated heterocycles. The highest BCUT2D eigenvalue weighted by molar-refractivity contribution is 8.00. The minimum Gasteiger partial charge on any atom is -0.372 e. The summed E-state index contributed by atoms with van der Waals surface area (Å²) in [4.78, 5) is 19.7. The standard InChI is InChI=1S/C24H25N5OS2/c1-4-28(5-2)17-12-10-16(11-13-17)22-21-15(3)27-29(23(21)26-20(30)14-31-22)24-25-18-8-6-7-9-19(18)32-24/h6-13,22H,4-5,14H2,1-3H3,(H,26,30)/t22-/m1/s1. The fraction of sp³-hybridized carbons (Fsp3) is 0.292. The van der Waals surface area contributed by atoms with E-state index in [-0.39, 0.29) is 11.2 Å². The van der Waals surface area contributed by atoms with Gasteiger partial charge in [-0.15, -0.1) is 11.8 Å². The molecule has 8 heteroatoms. The summed E-state index contributed by atoms with van der Waals surface area (Å²) in [5.41, 5.74) is 5.29. The Morgan fingerprint density at radius 1 is 1.12 bits per heavy atom.